The molecule has 0 amide bonds. The van der Waals surface area contributed by atoms with Gasteiger partial charge in [-0.05, 0) is 30.9 Å². The first-order valence-electron chi connectivity index (χ1n) is 4.82. The average Bonchev–Trinajstić information content (AvgIpc) is 2.26. The van der Waals surface area contributed by atoms with E-state index in [0.717, 1.165) is 12.1 Å². The summed E-state index contributed by atoms with van der Waals surface area (Å²) in [6, 6.07) is 8.20. The van der Waals surface area contributed by atoms with Crippen LogP contribution in [0.2, 0.25) is 0 Å². The van der Waals surface area contributed by atoms with Crippen LogP contribution in [0, 0.1) is 0 Å². The Bertz CT molecular complexity index is 278. The van der Waals surface area contributed by atoms with Crippen LogP contribution in [0.4, 0.5) is 5.69 Å². The highest BCUT2D eigenvalue weighted by Gasteiger charge is 2.00. The number of hydrogen-bond acceptors (Lipinski definition) is 3. The zero-order chi connectivity index (χ0) is 10.4. The van der Waals surface area contributed by atoms with Gasteiger partial charge in [0.15, 0.2) is 0 Å². The quantitative estimate of drug-likeness (QED) is 0.734. The van der Waals surface area contributed by atoms with E-state index in [2.05, 4.69) is 23.7 Å². The SMILES string of the molecule is CCC(O)CNc1cccc(SC)c1. The molecular formula is C11H17NOS. The Morgan fingerprint density at radius 1 is 1.50 bits per heavy atom. The molecule has 2 N–H and O–H groups in total. The minimum atomic E-state index is -0.257. The Morgan fingerprint density at radius 3 is 2.93 bits per heavy atom. The van der Waals surface area contributed by atoms with Crippen molar-refractivity contribution in [2.75, 3.05) is 18.1 Å². The van der Waals surface area contributed by atoms with Crippen LogP contribution in [-0.2, 0) is 0 Å². The number of anilines is 1. The summed E-state index contributed by atoms with van der Waals surface area (Å²) in [6.07, 6.45) is 2.59. The zero-order valence-electron chi connectivity index (χ0n) is 8.66. The summed E-state index contributed by atoms with van der Waals surface area (Å²) in [5.41, 5.74) is 1.07. The molecular weight excluding hydrogens is 194 g/mol. The Balaban J connectivity index is 2.50. The van der Waals surface area contributed by atoms with Gasteiger partial charge < -0.3 is 10.4 Å². The summed E-state index contributed by atoms with van der Waals surface area (Å²) in [6.45, 7) is 2.60. The van der Waals surface area contributed by atoms with Gasteiger partial charge in [0.1, 0.15) is 0 Å². The van der Waals surface area contributed by atoms with E-state index in [9.17, 15) is 5.11 Å². The number of thioether (sulfide) groups is 1. The highest BCUT2D eigenvalue weighted by molar-refractivity contribution is 7.98. The maximum absolute atomic E-state index is 9.38. The van der Waals surface area contributed by atoms with Crippen molar-refractivity contribution in [3.8, 4) is 0 Å². The highest BCUT2D eigenvalue weighted by atomic mass is 32.2. The van der Waals surface area contributed by atoms with E-state index >= 15 is 0 Å². The first-order valence-corrected chi connectivity index (χ1v) is 6.04. The second-order valence-electron chi connectivity index (χ2n) is 3.17. The van der Waals surface area contributed by atoms with Crippen molar-refractivity contribution >= 4 is 17.4 Å². The average molecular weight is 211 g/mol. The summed E-state index contributed by atoms with van der Waals surface area (Å²) in [4.78, 5) is 1.24. The molecule has 14 heavy (non-hydrogen) atoms. The molecule has 0 aliphatic heterocycles. The van der Waals surface area contributed by atoms with Gasteiger partial charge in [-0.15, -0.1) is 11.8 Å². The molecule has 1 rings (SSSR count). The Kier molecular flexibility index (Phi) is 4.84. The van der Waals surface area contributed by atoms with Crippen LogP contribution in [0.25, 0.3) is 0 Å². The Labute approximate surface area is 89.7 Å². The number of nitrogens with one attached hydrogen (secondary N) is 1. The van der Waals surface area contributed by atoms with E-state index in [4.69, 9.17) is 0 Å². The fraction of sp³-hybridized carbons (Fsp3) is 0.455. The standard InChI is InChI=1S/C11H17NOS/c1-3-10(13)8-12-9-5-4-6-11(7-9)14-2/h4-7,10,12-13H,3,8H2,1-2H3. The topological polar surface area (TPSA) is 32.3 Å². The third kappa shape index (κ3) is 3.60. The molecule has 0 aliphatic rings. The van der Waals surface area contributed by atoms with Crippen LogP contribution in [0.3, 0.4) is 0 Å². The predicted octanol–water partition coefficient (Wildman–Crippen LogP) is 2.59. The molecule has 0 saturated heterocycles. The van der Waals surface area contributed by atoms with E-state index in [1.165, 1.54) is 4.90 Å². The molecule has 0 fully saturated rings. The van der Waals surface area contributed by atoms with Gasteiger partial charge in [-0.25, -0.2) is 0 Å². The maximum Gasteiger partial charge on any atom is 0.0709 e. The normalized spacial score (nSPS) is 12.5. The Hall–Kier alpha value is -0.670. The summed E-state index contributed by atoms with van der Waals surface area (Å²) in [7, 11) is 0. The third-order valence-corrected chi connectivity index (χ3v) is 2.81. The van der Waals surface area contributed by atoms with Gasteiger partial charge in [0, 0.05) is 17.1 Å². The first kappa shape index (κ1) is 11.4. The van der Waals surface area contributed by atoms with Gasteiger partial charge >= 0.3 is 0 Å². The number of aliphatic hydroxyl groups is 1. The first-order chi connectivity index (χ1) is 6.76. The second kappa shape index (κ2) is 5.94. The minimum absolute atomic E-state index is 0.257. The predicted molar refractivity (Wildman–Crippen MR) is 63.0 cm³/mol. The van der Waals surface area contributed by atoms with Gasteiger partial charge in [-0.2, -0.15) is 0 Å². The van der Waals surface area contributed by atoms with Crippen LogP contribution in [-0.4, -0.2) is 24.0 Å². The summed E-state index contributed by atoms with van der Waals surface area (Å²) in [5, 5.41) is 12.6. The molecule has 0 saturated carbocycles. The lowest BCUT2D eigenvalue weighted by Gasteiger charge is -2.11. The molecule has 1 atom stereocenters. The second-order valence-corrected chi connectivity index (χ2v) is 4.05. The smallest absolute Gasteiger partial charge is 0.0709 e. The van der Waals surface area contributed by atoms with Gasteiger partial charge in [0.05, 0.1) is 6.10 Å². The van der Waals surface area contributed by atoms with E-state index in [0.29, 0.717) is 6.54 Å². The lowest BCUT2D eigenvalue weighted by atomic mass is 10.2. The van der Waals surface area contributed by atoms with E-state index in [-0.39, 0.29) is 6.10 Å². The van der Waals surface area contributed by atoms with Gasteiger partial charge in [0.2, 0.25) is 0 Å². The summed E-state index contributed by atoms with van der Waals surface area (Å²) in [5.74, 6) is 0. The number of aliphatic hydroxyl groups excluding tert-OH is 1. The van der Waals surface area contributed by atoms with Crippen molar-refractivity contribution in [3.63, 3.8) is 0 Å². The third-order valence-electron chi connectivity index (χ3n) is 2.08. The van der Waals surface area contributed by atoms with Crippen molar-refractivity contribution in [1.82, 2.24) is 0 Å². The van der Waals surface area contributed by atoms with Crippen molar-refractivity contribution in [2.24, 2.45) is 0 Å². The van der Waals surface area contributed by atoms with Crippen LogP contribution >= 0.6 is 11.8 Å². The molecule has 0 heterocycles. The lowest BCUT2D eigenvalue weighted by molar-refractivity contribution is 0.183. The van der Waals surface area contributed by atoms with Crippen molar-refractivity contribution < 1.29 is 5.11 Å². The largest absolute Gasteiger partial charge is 0.391 e. The molecule has 0 aromatic heterocycles. The monoisotopic (exact) mass is 211 g/mol. The number of benzene rings is 1. The minimum Gasteiger partial charge on any atom is -0.391 e. The molecule has 0 spiro atoms. The van der Waals surface area contributed by atoms with E-state index in [1.54, 1.807) is 11.8 Å². The molecule has 2 nitrogen and oxygen atoms in total. The van der Waals surface area contributed by atoms with Gasteiger partial charge in [0.25, 0.3) is 0 Å². The van der Waals surface area contributed by atoms with Crippen LogP contribution in [0.15, 0.2) is 29.2 Å². The molecule has 1 aromatic carbocycles. The van der Waals surface area contributed by atoms with Crippen molar-refractivity contribution in [3.05, 3.63) is 24.3 Å². The number of hydrogen-bond donors (Lipinski definition) is 2. The summed E-state index contributed by atoms with van der Waals surface area (Å²) < 4.78 is 0. The maximum atomic E-state index is 9.38. The zero-order valence-corrected chi connectivity index (χ0v) is 9.47. The van der Waals surface area contributed by atoms with Crippen molar-refractivity contribution in [1.29, 1.82) is 0 Å². The molecule has 0 radical (unpaired) electrons. The van der Waals surface area contributed by atoms with Crippen LogP contribution < -0.4 is 5.32 Å². The molecule has 1 aromatic rings. The summed E-state index contributed by atoms with van der Waals surface area (Å²) >= 11 is 1.72. The fourth-order valence-corrected chi connectivity index (χ4v) is 1.57. The van der Waals surface area contributed by atoms with E-state index in [1.807, 2.05) is 19.1 Å². The fourth-order valence-electron chi connectivity index (χ4n) is 1.11. The van der Waals surface area contributed by atoms with Crippen molar-refractivity contribution in [2.45, 2.75) is 24.3 Å². The Morgan fingerprint density at radius 2 is 2.29 bits per heavy atom. The lowest BCUT2D eigenvalue weighted by Crippen LogP contribution is -2.18. The molecule has 0 aliphatic carbocycles. The van der Waals surface area contributed by atoms with Crippen LogP contribution in [0.5, 0.6) is 0 Å². The van der Waals surface area contributed by atoms with Crippen LogP contribution in [0.1, 0.15) is 13.3 Å². The highest BCUT2D eigenvalue weighted by Crippen LogP contribution is 2.18. The molecule has 78 valence electrons. The molecule has 3 heteroatoms. The van der Waals surface area contributed by atoms with E-state index < -0.39 is 0 Å². The van der Waals surface area contributed by atoms with Gasteiger partial charge in [-0.1, -0.05) is 13.0 Å². The number of rotatable bonds is 5. The molecule has 0 bridgehead atoms. The van der Waals surface area contributed by atoms with Gasteiger partial charge in [-0.3, -0.25) is 0 Å². The molecule has 1 unspecified atom stereocenters.